The number of amides is 1. The molecule has 1 amide bonds. The average Bonchev–Trinajstić information content (AvgIpc) is 2.93. The molecule has 0 saturated carbocycles. The molecule has 20 heavy (non-hydrogen) atoms. The lowest BCUT2D eigenvalue weighted by molar-refractivity contribution is -0.124. The molecule has 2 aromatic rings. The molecule has 1 saturated heterocycles. The van der Waals surface area contributed by atoms with E-state index in [-0.39, 0.29) is 11.8 Å². The van der Waals surface area contributed by atoms with Gasteiger partial charge in [-0.3, -0.25) is 9.89 Å². The summed E-state index contributed by atoms with van der Waals surface area (Å²) in [4.78, 5) is 14.1. The summed E-state index contributed by atoms with van der Waals surface area (Å²) in [5.74, 6) is 0.148. The first-order chi connectivity index (χ1) is 9.69. The lowest BCUT2D eigenvalue weighted by Crippen LogP contribution is -2.42. The maximum atomic E-state index is 11.8. The Bertz CT molecular complexity index is 639. The van der Waals surface area contributed by atoms with Gasteiger partial charge in [0.05, 0.1) is 17.6 Å². The number of aromatic amines is 1. The first-order valence-electron chi connectivity index (χ1n) is 6.78. The Labute approximate surface area is 122 Å². The SMILES string of the molecule is CNC(=O)C1CCCN(c2cc(Cl)cc3[nH]ncc23)C1. The Kier molecular flexibility index (Phi) is 3.53. The van der Waals surface area contributed by atoms with Crippen LogP contribution in [-0.2, 0) is 4.79 Å². The highest BCUT2D eigenvalue weighted by atomic mass is 35.5. The number of carbonyl (C=O) groups is 1. The van der Waals surface area contributed by atoms with E-state index in [2.05, 4.69) is 20.4 Å². The van der Waals surface area contributed by atoms with Gasteiger partial charge in [-0.25, -0.2) is 0 Å². The highest BCUT2D eigenvalue weighted by molar-refractivity contribution is 6.31. The second kappa shape index (κ2) is 5.32. The number of hydrogen-bond acceptors (Lipinski definition) is 3. The second-order valence-electron chi connectivity index (χ2n) is 5.16. The van der Waals surface area contributed by atoms with E-state index in [4.69, 9.17) is 11.6 Å². The van der Waals surface area contributed by atoms with Crippen molar-refractivity contribution in [3.05, 3.63) is 23.4 Å². The summed E-state index contributed by atoms with van der Waals surface area (Å²) < 4.78 is 0. The zero-order valence-electron chi connectivity index (χ0n) is 11.3. The third-order valence-electron chi connectivity index (χ3n) is 3.88. The van der Waals surface area contributed by atoms with Gasteiger partial charge in [-0.2, -0.15) is 5.10 Å². The van der Waals surface area contributed by atoms with Crippen molar-refractivity contribution in [2.45, 2.75) is 12.8 Å². The molecule has 5 nitrogen and oxygen atoms in total. The normalized spacial score (nSPS) is 19.3. The topological polar surface area (TPSA) is 61.0 Å². The molecular weight excluding hydrogens is 276 g/mol. The molecule has 1 unspecified atom stereocenters. The van der Waals surface area contributed by atoms with E-state index in [1.807, 2.05) is 18.3 Å². The fraction of sp³-hybridized carbons (Fsp3) is 0.429. The van der Waals surface area contributed by atoms with Gasteiger partial charge in [-0.15, -0.1) is 0 Å². The number of carbonyl (C=O) groups excluding carboxylic acids is 1. The Hall–Kier alpha value is -1.75. The van der Waals surface area contributed by atoms with Crippen molar-refractivity contribution in [1.29, 1.82) is 0 Å². The predicted molar refractivity (Wildman–Crippen MR) is 80.1 cm³/mol. The van der Waals surface area contributed by atoms with Crippen molar-refractivity contribution in [3.63, 3.8) is 0 Å². The molecule has 1 aliphatic rings. The third kappa shape index (κ3) is 2.33. The Morgan fingerprint density at radius 1 is 1.55 bits per heavy atom. The summed E-state index contributed by atoms with van der Waals surface area (Å²) in [5.41, 5.74) is 1.98. The fourth-order valence-corrected chi connectivity index (χ4v) is 3.09. The zero-order valence-corrected chi connectivity index (χ0v) is 12.1. The van der Waals surface area contributed by atoms with Crippen molar-refractivity contribution in [2.75, 3.05) is 25.0 Å². The molecular formula is C14H17ClN4O. The van der Waals surface area contributed by atoms with E-state index < -0.39 is 0 Å². The van der Waals surface area contributed by atoms with Gasteiger partial charge in [-0.1, -0.05) is 11.6 Å². The largest absolute Gasteiger partial charge is 0.370 e. The van der Waals surface area contributed by atoms with E-state index in [1.165, 1.54) is 0 Å². The summed E-state index contributed by atoms with van der Waals surface area (Å²) in [5, 5.41) is 11.5. The fourth-order valence-electron chi connectivity index (χ4n) is 2.87. The number of nitrogens with one attached hydrogen (secondary N) is 2. The van der Waals surface area contributed by atoms with E-state index in [0.29, 0.717) is 5.02 Å². The summed E-state index contributed by atoms with van der Waals surface area (Å²) in [6.07, 6.45) is 3.75. The first-order valence-corrected chi connectivity index (χ1v) is 7.16. The lowest BCUT2D eigenvalue weighted by atomic mass is 9.96. The summed E-state index contributed by atoms with van der Waals surface area (Å²) in [6, 6.07) is 3.82. The van der Waals surface area contributed by atoms with Crippen molar-refractivity contribution in [1.82, 2.24) is 15.5 Å². The summed E-state index contributed by atoms with van der Waals surface area (Å²) in [6.45, 7) is 1.66. The monoisotopic (exact) mass is 292 g/mol. The highest BCUT2D eigenvalue weighted by Crippen LogP contribution is 2.32. The van der Waals surface area contributed by atoms with Gasteiger partial charge in [0.25, 0.3) is 0 Å². The van der Waals surface area contributed by atoms with Crippen LogP contribution in [0.2, 0.25) is 5.02 Å². The maximum absolute atomic E-state index is 11.8. The van der Waals surface area contributed by atoms with E-state index in [0.717, 1.165) is 42.5 Å². The van der Waals surface area contributed by atoms with Gasteiger partial charge < -0.3 is 10.2 Å². The number of halogens is 1. The lowest BCUT2D eigenvalue weighted by Gasteiger charge is -2.34. The molecule has 3 rings (SSSR count). The van der Waals surface area contributed by atoms with Gasteiger partial charge in [0.2, 0.25) is 5.91 Å². The molecule has 0 bridgehead atoms. The number of aromatic nitrogens is 2. The van der Waals surface area contributed by atoms with E-state index in [1.54, 1.807) is 7.05 Å². The van der Waals surface area contributed by atoms with Crippen LogP contribution in [0.15, 0.2) is 18.3 Å². The van der Waals surface area contributed by atoms with Crippen LogP contribution in [0.3, 0.4) is 0 Å². The van der Waals surface area contributed by atoms with Gasteiger partial charge in [-0.05, 0) is 25.0 Å². The van der Waals surface area contributed by atoms with Gasteiger partial charge in [0.1, 0.15) is 0 Å². The van der Waals surface area contributed by atoms with Crippen LogP contribution >= 0.6 is 11.6 Å². The average molecular weight is 293 g/mol. The van der Waals surface area contributed by atoms with Crippen LogP contribution in [0.5, 0.6) is 0 Å². The van der Waals surface area contributed by atoms with E-state index >= 15 is 0 Å². The summed E-state index contributed by atoms with van der Waals surface area (Å²) >= 11 is 6.17. The number of anilines is 1. The van der Waals surface area contributed by atoms with Crippen LogP contribution in [0, 0.1) is 5.92 Å². The minimum absolute atomic E-state index is 0.0367. The maximum Gasteiger partial charge on any atom is 0.224 e. The smallest absolute Gasteiger partial charge is 0.224 e. The van der Waals surface area contributed by atoms with Crippen LogP contribution in [0.25, 0.3) is 10.9 Å². The zero-order chi connectivity index (χ0) is 14.1. The molecule has 6 heteroatoms. The molecule has 106 valence electrons. The Balaban J connectivity index is 1.94. The van der Waals surface area contributed by atoms with Gasteiger partial charge >= 0.3 is 0 Å². The molecule has 0 radical (unpaired) electrons. The molecule has 1 aliphatic heterocycles. The number of fused-ring (bicyclic) bond motifs is 1. The highest BCUT2D eigenvalue weighted by Gasteiger charge is 2.26. The van der Waals surface area contributed by atoms with Crippen LogP contribution in [-0.4, -0.2) is 36.2 Å². The van der Waals surface area contributed by atoms with Crippen molar-refractivity contribution in [2.24, 2.45) is 5.92 Å². The van der Waals surface area contributed by atoms with Gasteiger partial charge in [0, 0.05) is 36.2 Å². The minimum Gasteiger partial charge on any atom is -0.370 e. The van der Waals surface area contributed by atoms with Crippen molar-refractivity contribution < 1.29 is 4.79 Å². The quantitative estimate of drug-likeness (QED) is 0.892. The standard InChI is InChI=1S/C14H17ClN4O/c1-16-14(20)9-3-2-4-19(8-9)13-6-10(15)5-12-11(13)7-17-18-12/h5-7,9H,2-4,8H2,1H3,(H,16,20)(H,17,18). The first kappa shape index (κ1) is 13.2. The molecule has 1 aromatic carbocycles. The van der Waals surface area contributed by atoms with E-state index in [9.17, 15) is 4.79 Å². The van der Waals surface area contributed by atoms with Crippen LogP contribution < -0.4 is 10.2 Å². The number of piperidine rings is 1. The third-order valence-corrected chi connectivity index (χ3v) is 4.10. The molecule has 1 aromatic heterocycles. The number of rotatable bonds is 2. The molecule has 1 atom stereocenters. The number of nitrogens with zero attached hydrogens (tertiary/aromatic N) is 2. The van der Waals surface area contributed by atoms with Crippen LogP contribution in [0.1, 0.15) is 12.8 Å². The molecule has 1 fully saturated rings. The van der Waals surface area contributed by atoms with Crippen LogP contribution in [0.4, 0.5) is 5.69 Å². The Morgan fingerprint density at radius 2 is 2.40 bits per heavy atom. The summed E-state index contributed by atoms with van der Waals surface area (Å²) in [7, 11) is 1.69. The minimum atomic E-state index is 0.0367. The molecule has 0 spiro atoms. The number of H-pyrrole nitrogens is 1. The Morgan fingerprint density at radius 3 is 3.20 bits per heavy atom. The predicted octanol–water partition coefficient (Wildman–Crippen LogP) is 2.18. The number of benzene rings is 1. The number of hydrogen-bond donors (Lipinski definition) is 2. The second-order valence-corrected chi connectivity index (χ2v) is 5.59. The molecule has 2 N–H and O–H groups in total. The molecule has 2 heterocycles. The molecule has 0 aliphatic carbocycles. The van der Waals surface area contributed by atoms with Crippen molar-refractivity contribution in [3.8, 4) is 0 Å². The van der Waals surface area contributed by atoms with Crippen molar-refractivity contribution >= 4 is 34.1 Å². The van der Waals surface area contributed by atoms with Gasteiger partial charge in [0.15, 0.2) is 0 Å².